The molecule has 1 saturated heterocycles. The van der Waals surface area contributed by atoms with Crippen LogP contribution >= 0.6 is 11.3 Å². The van der Waals surface area contributed by atoms with Crippen molar-refractivity contribution in [1.82, 2.24) is 15.1 Å². The SMILES string of the molecule is CCc1nnc(NC(=O)c2ccc(OCC(=O)N3C(C)CCCC3C)cc2)s1. The molecular formula is C20H26N4O3S. The number of carbonyl (C=O) groups is 2. The minimum absolute atomic E-state index is 0.00418. The van der Waals surface area contributed by atoms with E-state index < -0.39 is 0 Å². The van der Waals surface area contributed by atoms with Crippen LogP contribution in [-0.2, 0) is 11.2 Å². The number of amides is 2. The van der Waals surface area contributed by atoms with Crippen LogP contribution in [0.3, 0.4) is 0 Å². The van der Waals surface area contributed by atoms with Crippen LogP contribution in [0.15, 0.2) is 24.3 Å². The fourth-order valence-corrected chi connectivity index (χ4v) is 4.13. The molecule has 0 radical (unpaired) electrons. The van der Waals surface area contributed by atoms with Crippen molar-refractivity contribution in [2.24, 2.45) is 0 Å². The van der Waals surface area contributed by atoms with E-state index in [0.29, 0.717) is 16.4 Å². The first-order valence-corrected chi connectivity index (χ1v) is 10.5. The Morgan fingerprint density at radius 1 is 1.18 bits per heavy atom. The van der Waals surface area contributed by atoms with Crippen LogP contribution < -0.4 is 10.1 Å². The predicted octanol–water partition coefficient (Wildman–Crippen LogP) is 3.52. The number of aryl methyl sites for hydroxylation is 1. The second-order valence-corrected chi connectivity index (χ2v) is 8.11. The van der Waals surface area contributed by atoms with E-state index in [1.165, 1.54) is 11.3 Å². The van der Waals surface area contributed by atoms with Gasteiger partial charge < -0.3 is 9.64 Å². The second-order valence-electron chi connectivity index (χ2n) is 7.05. The first-order valence-electron chi connectivity index (χ1n) is 9.65. The standard InChI is InChI=1S/C20H26N4O3S/c1-4-17-22-23-20(28-17)21-19(26)15-8-10-16(11-9-15)27-12-18(25)24-13(2)6-5-7-14(24)3/h8-11,13-14H,4-7,12H2,1-3H3,(H,21,23,26). The molecule has 0 spiro atoms. The number of nitrogens with zero attached hydrogens (tertiary/aromatic N) is 3. The zero-order valence-corrected chi connectivity index (χ0v) is 17.3. The maximum atomic E-state index is 12.5. The molecule has 3 rings (SSSR count). The van der Waals surface area contributed by atoms with Gasteiger partial charge in [0.2, 0.25) is 5.13 Å². The fraction of sp³-hybridized carbons (Fsp3) is 0.500. The van der Waals surface area contributed by atoms with Crippen LogP contribution in [0, 0.1) is 0 Å². The number of ether oxygens (including phenoxy) is 1. The van der Waals surface area contributed by atoms with Gasteiger partial charge in [0.25, 0.3) is 11.8 Å². The van der Waals surface area contributed by atoms with Crippen molar-refractivity contribution in [1.29, 1.82) is 0 Å². The van der Waals surface area contributed by atoms with E-state index in [2.05, 4.69) is 29.4 Å². The number of piperidine rings is 1. The van der Waals surface area contributed by atoms with Gasteiger partial charge in [0.05, 0.1) is 0 Å². The smallest absolute Gasteiger partial charge is 0.260 e. The Morgan fingerprint density at radius 3 is 2.46 bits per heavy atom. The summed E-state index contributed by atoms with van der Waals surface area (Å²) in [5.41, 5.74) is 0.491. The first kappa shape index (κ1) is 20.3. The minimum Gasteiger partial charge on any atom is -0.484 e. The van der Waals surface area contributed by atoms with Crippen molar-refractivity contribution in [3.05, 3.63) is 34.8 Å². The van der Waals surface area contributed by atoms with Gasteiger partial charge in [-0.05, 0) is 63.8 Å². The Bertz CT molecular complexity index is 811. The second kappa shape index (κ2) is 9.14. The molecule has 7 nitrogen and oxygen atoms in total. The molecule has 1 aromatic heterocycles. The number of rotatable bonds is 6. The van der Waals surface area contributed by atoms with E-state index in [4.69, 9.17) is 4.74 Å². The highest BCUT2D eigenvalue weighted by Crippen LogP contribution is 2.23. The van der Waals surface area contributed by atoms with Gasteiger partial charge in [-0.1, -0.05) is 18.3 Å². The van der Waals surface area contributed by atoms with Crippen LogP contribution in [0.5, 0.6) is 5.75 Å². The molecule has 1 aromatic carbocycles. The summed E-state index contributed by atoms with van der Waals surface area (Å²) in [7, 11) is 0. The lowest BCUT2D eigenvalue weighted by Gasteiger charge is -2.38. The maximum absolute atomic E-state index is 12.5. The van der Waals surface area contributed by atoms with Crippen molar-refractivity contribution in [3.63, 3.8) is 0 Å². The molecule has 0 saturated carbocycles. The van der Waals surface area contributed by atoms with Gasteiger partial charge in [0.15, 0.2) is 6.61 Å². The molecule has 2 unspecified atom stereocenters. The Balaban J connectivity index is 1.53. The molecule has 2 heterocycles. The highest BCUT2D eigenvalue weighted by Gasteiger charge is 2.28. The lowest BCUT2D eigenvalue weighted by Crippen LogP contribution is -2.49. The Morgan fingerprint density at radius 2 is 1.86 bits per heavy atom. The molecule has 8 heteroatoms. The molecule has 1 aliphatic rings. The van der Waals surface area contributed by atoms with Crippen molar-refractivity contribution < 1.29 is 14.3 Å². The average molecular weight is 403 g/mol. The van der Waals surface area contributed by atoms with Crippen molar-refractivity contribution in [2.75, 3.05) is 11.9 Å². The summed E-state index contributed by atoms with van der Waals surface area (Å²) in [6, 6.07) is 7.23. The topological polar surface area (TPSA) is 84.4 Å². The van der Waals surface area contributed by atoms with Gasteiger partial charge in [-0.15, -0.1) is 10.2 Å². The van der Waals surface area contributed by atoms with Crippen molar-refractivity contribution >= 4 is 28.3 Å². The Hall–Kier alpha value is -2.48. The summed E-state index contributed by atoms with van der Waals surface area (Å²) >= 11 is 1.36. The van der Waals surface area contributed by atoms with Gasteiger partial charge >= 0.3 is 0 Å². The zero-order valence-electron chi connectivity index (χ0n) is 16.5. The zero-order chi connectivity index (χ0) is 20.1. The Kier molecular flexibility index (Phi) is 6.61. The molecule has 0 bridgehead atoms. The average Bonchev–Trinajstić information content (AvgIpc) is 3.14. The van der Waals surface area contributed by atoms with Crippen LogP contribution in [0.25, 0.3) is 0 Å². The van der Waals surface area contributed by atoms with E-state index in [1.807, 2.05) is 11.8 Å². The molecule has 150 valence electrons. The number of likely N-dealkylation sites (tertiary alicyclic amines) is 1. The van der Waals surface area contributed by atoms with Crippen LogP contribution in [0.4, 0.5) is 5.13 Å². The van der Waals surface area contributed by atoms with Crippen molar-refractivity contribution in [2.45, 2.75) is 58.5 Å². The highest BCUT2D eigenvalue weighted by atomic mass is 32.1. The molecule has 1 aliphatic heterocycles. The Labute approximate surface area is 169 Å². The lowest BCUT2D eigenvalue weighted by atomic mass is 9.97. The van der Waals surface area contributed by atoms with E-state index in [-0.39, 0.29) is 30.5 Å². The van der Waals surface area contributed by atoms with Crippen LogP contribution in [0.2, 0.25) is 0 Å². The number of benzene rings is 1. The summed E-state index contributed by atoms with van der Waals surface area (Å²) in [6.07, 6.45) is 4.02. The normalized spacial score (nSPS) is 19.3. The monoisotopic (exact) mass is 402 g/mol. The molecule has 2 aromatic rings. The van der Waals surface area contributed by atoms with Gasteiger partial charge in [-0.3, -0.25) is 14.9 Å². The number of hydrogen-bond donors (Lipinski definition) is 1. The summed E-state index contributed by atoms with van der Waals surface area (Å²) in [5.74, 6) is 0.313. The number of anilines is 1. The molecule has 2 atom stereocenters. The number of nitrogens with one attached hydrogen (secondary N) is 1. The quantitative estimate of drug-likeness (QED) is 0.799. The third kappa shape index (κ3) is 4.86. The number of aromatic nitrogens is 2. The van der Waals surface area contributed by atoms with Crippen LogP contribution in [0.1, 0.15) is 55.4 Å². The molecule has 1 N–H and O–H groups in total. The van der Waals surface area contributed by atoms with Gasteiger partial charge in [-0.2, -0.15) is 0 Å². The first-order chi connectivity index (χ1) is 13.5. The minimum atomic E-state index is -0.252. The van der Waals surface area contributed by atoms with Gasteiger partial charge in [0.1, 0.15) is 10.8 Å². The van der Waals surface area contributed by atoms with Crippen LogP contribution in [-0.4, -0.2) is 45.6 Å². The maximum Gasteiger partial charge on any atom is 0.260 e. The predicted molar refractivity (Wildman–Crippen MR) is 109 cm³/mol. The largest absolute Gasteiger partial charge is 0.484 e. The van der Waals surface area contributed by atoms with Crippen molar-refractivity contribution in [3.8, 4) is 5.75 Å². The highest BCUT2D eigenvalue weighted by molar-refractivity contribution is 7.15. The summed E-state index contributed by atoms with van der Waals surface area (Å²) in [6.45, 7) is 6.16. The lowest BCUT2D eigenvalue weighted by molar-refractivity contribution is -0.139. The van der Waals surface area contributed by atoms with E-state index in [0.717, 1.165) is 30.7 Å². The molecule has 2 amide bonds. The van der Waals surface area contributed by atoms with Gasteiger partial charge in [-0.25, -0.2) is 0 Å². The summed E-state index contributed by atoms with van der Waals surface area (Å²) < 4.78 is 5.65. The molecular weight excluding hydrogens is 376 g/mol. The van der Waals surface area contributed by atoms with E-state index in [9.17, 15) is 9.59 Å². The number of hydrogen-bond acceptors (Lipinski definition) is 6. The van der Waals surface area contributed by atoms with E-state index >= 15 is 0 Å². The third-order valence-electron chi connectivity index (χ3n) is 4.95. The third-order valence-corrected chi connectivity index (χ3v) is 5.93. The van der Waals surface area contributed by atoms with E-state index in [1.54, 1.807) is 24.3 Å². The molecule has 0 aliphatic carbocycles. The molecule has 1 fully saturated rings. The summed E-state index contributed by atoms with van der Waals surface area (Å²) in [5, 5.41) is 12.0. The molecule has 28 heavy (non-hydrogen) atoms. The fourth-order valence-electron chi connectivity index (χ4n) is 3.45. The number of carbonyl (C=O) groups excluding carboxylic acids is 2. The van der Waals surface area contributed by atoms with Gasteiger partial charge in [0, 0.05) is 17.6 Å². The summed E-state index contributed by atoms with van der Waals surface area (Å²) in [4.78, 5) is 26.7.